The number of hydrogen-bond acceptors (Lipinski definition) is 0. The Morgan fingerprint density at radius 3 is 1.36 bits per heavy atom. The molecule has 0 N–H and O–H groups in total. The first-order valence-corrected chi connectivity index (χ1v) is 11.1. The van der Waals surface area contributed by atoms with Crippen molar-refractivity contribution in [1.82, 2.24) is 0 Å². The number of fused-ring (bicyclic) bond motifs is 4. The van der Waals surface area contributed by atoms with Crippen molar-refractivity contribution < 1.29 is 0 Å². The van der Waals surface area contributed by atoms with Crippen LogP contribution in [0.1, 0.15) is 70.2 Å². The van der Waals surface area contributed by atoms with Crippen LogP contribution in [0.15, 0.2) is 66.7 Å². The molecule has 0 nitrogen and oxygen atoms in total. The predicted molar refractivity (Wildman–Crippen MR) is 128 cm³/mol. The van der Waals surface area contributed by atoms with Crippen molar-refractivity contribution in [3.8, 4) is 0 Å². The van der Waals surface area contributed by atoms with Crippen molar-refractivity contribution in [1.29, 1.82) is 0 Å². The highest BCUT2D eigenvalue weighted by Gasteiger charge is 2.35. The quantitative estimate of drug-likeness (QED) is 0.317. The minimum Gasteiger partial charge on any atom is -0.0683 e. The predicted octanol–water partition coefficient (Wildman–Crippen LogP) is 5.48. The molecule has 0 fully saturated rings. The second-order valence-electron chi connectivity index (χ2n) is 6.88. The SMILES string of the molecule is CC.CC.CCC.c1ccc2c(c1)Cc1cccc3c1B2c1ccccc1C3. The average molecular weight is 370 g/mol. The Morgan fingerprint density at radius 1 is 0.571 bits per heavy atom. The summed E-state index contributed by atoms with van der Waals surface area (Å²) < 4.78 is 0. The Hall–Kier alpha value is -2.28. The maximum atomic E-state index is 2.32. The molecule has 0 amide bonds. The standard InChI is InChI=1S/C20H15B.C3H8.2C2H6/c1-3-10-18-14(6-1)12-16-8-5-9-17-13-15-7-2-4-11-19(15)21(18)20(16)17;1-3-2;2*1-2/h1-11H,12-13H2;3H2,1-2H3;2*1-2H3. The van der Waals surface area contributed by atoms with Crippen LogP contribution in [0.5, 0.6) is 0 Å². The van der Waals surface area contributed by atoms with Crippen molar-refractivity contribution in [3.05, 3.63) is 89.0 Å². The molecule has 0 saturated carbocycles. The molecule has 0 saturated heterocycles. The Bertz CT molecular complexity index is 811. The average Bonchev–Trinajstić information content (AvgIpc) is 2.77. The van der Waals surface area contributed by atoms with E-state index >= 15 is 0 Å². The summed E-state index contributed by atoms with van der Waals surface area (Å²) in [6.45, 7) is 12.7. The topological polar surface area (TPSA) is 0 Å². The first-order chi connectivity index (χ1) is 13.8. The normalized spacial score (nSPS) is 11.7. The summed E-state index contributed by atoms with van der Waals surface area (Å²) in [5, 5.41) is 0. The van der Waals surface area contributed by atoms with Gasteiger partial charge in [-0.05, 0) is 35.1 Å². The fraction of sp³-hybridized carbons (Fsp3) is 0.333. The van der Waals surface area contributed by atoms with E-state index < -0.39 is 0 Å². The van der Waals surface area contributed by atoms with Crippen LogP contribution in [0.2, 0.25) is 0 Å². The zero-order valence-electron chi connectivity index (χ0n) is 18.5. The highest BCUT2D eigenvalue weighted by atomic mass is 14.2. The molecule has 0 unspecified atom stereocenters. The maximum absolute atomic E-state index is 2.32. The van der Waals surface area contributed by atoms with Crippen LogP contribution < -0.4 is 16.4 Å². The van der Waals surface area contributed by atoms with Crippen molar-refractivity contribution in [2.45, 2.75) is 60.8 Å². The molecule has 0 aliphatic carbocycles. The van der Waals surface area contributed by atoms with E-state index in [-0.39, 0.29) is 0 Å². The Balaban J connectivity index is 0.000000360. The molecule has 2 aliphatic heterocycles. The lowest BCUT2D eigenvalue weighted by molar-refractivity contribution is 1.09. The van der Waals surface area contributed by atoms with Gasteiger partial charge in [-0.1, -0.05) is 131 Å². The molecule has 28 heavy (non-hydrogen) atoms. The van der Waals surface area contributed by atoms with Gasteiger partial charge in [-0.3, -0.25) is 0 Å². The first-order valence-electron chi connectivity index (χ1n) is 11.1. The third-order valence-corrected chi connectivity index (χ3v) is 5.07. The minimum atomic E-state index is 0.436. The molecule has 2 heterocycles. The fourth-order valence-electron chi connectivity index (χ4n) is 4.19. The lowest BCUT2D eigenvalue weighted by atomic mass is 9.30. The second kappa shape index (κ2) is 10.9. The number of benzene rings is 3. The van der Waals surface area contributed by atoms with Crippen molar-refractivity contribution in [2.24, 2.45) is 0 Å². The Labute approximate surface area is 173 Å². The molecule has 0 bridgehead atoms. The van der Waals surface area contributed by atoms with E-state index in [1.54, 1.807) is 5.46 Å². The summed E-state index contributed by atoms with van der Waals surface area (Å²) >= 11 is 0. The smallest absolute Gasteiger partial charge is 0.0683 e. The summed E-state index contributed by atoms with van der Waals surface area (Å²) in [5.74, 6) is 0. The highest BCUT2D eigenvalue weighted by Crippen LogP contribution is 2.21. The highest BCUT2D eigenvalue weighted by molar-refractivity contribution is 6.97. The van der Waals surface area contributed by atoms with Crippen LogP contribution in [-0.4, -0.2) is 6.71 Å². The van der Waals surface area contributed by atoms with E-state index in [4.69, 9.17) is 0 Å². The van der Waals surface area contributed by atoms with Crippen LogP contribution >= 0.6 is 0 Å². The second-order valence-corrected chi connectivity index (χ2v) is 6.88. The van der Waals surface area contributed by atoms with Gasteiger partial charge in [0.15, 0.2) is 0 Å². The van der Waals surface area contributed by atoms with Gasteiger partial charge in [-0.15, -0.1) is 0 Å². The number of hydrogen-bond donors (Lipinski definition) is 0. The molecular weight excluding hydrogens is 335 g/mol. The molecule has 0 spiro atoms. The van der Waals surface area contributed by atoms with Crippen LogP contribution in [0.25, 0.3) is 0 Å². The zero-order chi connectivity index (χ0) is 20.5. The maximum Gasteiger partial charge on any atom is 0.242 e. The molecule has 1 heteroatoms. The molecule has 5 rings (SSSR count). The van der Waals surface area contributed by atoms with Crippen LogP contribution in [0.3, 0.4) is 0 Å². The van der Waals surface area contributed by atoms with Crippen molar-refractivity contribution >= 4 is 23.1 Å². The van der Waals surface area contributed by atoms with E-state index in [2.05, 4.69) is 80.6 Å². The van der Waals surface area contributed by atoms with Crippen LogP contribution in [-0.2, 0) is 12.8 Å². The summed E-state index contributed by atoms with van der Waals surface area (Å²) in [5.41, 5.74) is 10.6. The van der Waals surface area contributed by atoms with Crippen LogP contribution in [0.4, 0.5) is 0 Å². The molecule has 2 aliphatic rings. The molecule has 146 valence electrons. The fourth-order valence-corrected chi connectivity index (χ4v) is 4.19. The third-order valence-electron chi connectivity index (χ3n) is 5.07. The van der Waals surface area contributed by atoms with Gasteiger partial charge in [0.2, 0.25) is 6.71 Å². The largest absolute Gasteiger partial charge is 0.242 e. The lowest BCUT2D eigenvalue weighted by Gasteiger charge is -2.33. The Kier molecular flexibility index (Phi) is 8.58. The van der Waals surface area contributed by atoms with Gasteiger partial charge < -0.3 is 0 Å². The van der Waals surface area contributed by atoms with Crippen LogP contribution in [0, 0.1) is 0 Å². The van der Waals surface area contributed by atoms with E-state index in [1.807, 2.05) is 27.7 Å². The lowest BCUT2D eigenvalue weighted by Crippen LogP contribution is -2.61. The monoisotopic (exact) mass is 370 g/mol. The summed E-state index contributed by atoms with van der Waals surface area (Å²) in [6, 6.07) is 24.8. The van der Waals surface area contributed by atoms with E-state index in [0.717, 1.165) is 12.8 Å². The summed E-state index contributed by atoms with van der Waals surface area (Å²) in [4.78, 5) is 0. The van der Waals surface area contributed by atoms with Gasteiger partial charge >= 0.3 is 0 Å². The first kappa shape index (κ1) is 22.0. The van der Waals surface area contributed by atoms with Gasteiger partial charge in [-0.25, -0.2) is 0 Å². The van der Waals surface area contributed by atoms with Gasteiger partial charge in [0.25, 0.3) is 0 Å². The minimum absolute atomic E-state index is 0.436. The molecule has 3 aromatic rings. The molecular formula is C27H35B. The molecule has 0 radical (unpaired) electrons. The van der Waals surface area contributed by atoms with E-state index in [0.29, 0.717) is 6.71 Å². The molecule has 3 aromatic carbocycles. The van der Waals surface area contributed by atoms with Crippen molar-refractivity contribution in [2.75, 3.05) is 0 Å². The Morgan fingerprint density at radius 2 is 0.929 bits per heavy atom. The third kappa shape index (κ3) is 4.24. The van der Waals surface area contributed by atoms with Crippen molar-refractivity contribution in [3.63, 3.8) is 0 Å². The summed E-state index contributed by atoms with van der Waals surface area (Å²) in [6.07, 6.45) is 3.41. The zero-order valence-corrected chi connectivity index (χ0v) is 18.5. The molecule has 0 aromatic heterocycles. The van der Waals surface area contributed by atoms with Gasteiger partial charge in [0, 0.05) is 0 Å². The van der Waals surface area contributed by atoms with Gasteiger partial charge in [0.1, 0.15) is 0 Å². The number of rotatable bonds is 0. The van der Waals surface area contributed by atoms with Gasteiger partial charge in [-0.2, -0.15) is 0 Å². The van der Waals surface area contributed by atoms with E-state index in [1.165, 1.54) is 39.6 Å². The van der Waals surface area contributed by atoms with Gasteiger partial charge in [0.05, 0.1) is 0 Å². The molecule has 0 atom stereocenters. The van der Waals surface area contributed by atoms with E-state index in [9.17, 15) is 0 Å². The summed E-state index contributed by atoms with van der Waals surface area (Å²) in [7, 11) is 0.